The molecule has 0 spiro atoms. The van der Waals surface area contributed by atoms with E-state index in [4.69, 9.17) is 0 Å². The van der Waals surface area contributed by atoms with E-state index in [1.807, 2.05) is 0 Å². The molecule has 12 aromatic rings. The van der Waals surface area contributed by atoms with Crippen LogP contribution in [0.25, 0.3) is 110 Å². The fraction of sp³-hybridized carbons (Fsp3) is 0.222. The van der Waals surface area contributed by atoms with Crippen LogP contribution in [0.1, 0.15) is 105 Å². The van der Waals surface area contributed by atoms with E-state index in [2.05, 4.69) is 286 Å². The molecule has 0 fully saturated rings. The Bertz CT molecular complexity index is 3880. The quantitative estimate of drug-likeness (QED) is 0.163. The van der Waals surface area contributed by atoms with Crippen LogP contribution >= 0.6 is 0 Å². The Morgan fingerprint density at radius 2 is 0.527 bits per heavy atom. The van der Waals surface area contributed by atoms with Crippen molar-refractivity contribution in [3.63, 3.8) is 0 Å². The van der Waals surface area contributed by atoms with E-state index in [9.17, 15) is 0 Å². The summed E-state index contributed by atoms with van der Waals surface area (Å²) in [6, 6.07) is 74.0. The summed E-state index contributed by atoms with van der Waals surface area (Å²) in [5.74, 6) is 0. The number of hydrogen-bond acceptors (Lipinski definition) is 0. The molecular weight excluding hydrogens is 893 g/mol. The predicted octanol–water partition coefficient (Wildman–Crippen LogP) is 20.4. The van der Waals surface area contributed by atoms with Crippen molar-refractivity contribution in [1.82, 2.24) is 9.13 Å². The molecule has 2 aromatic heterocycles. The molecule has 0 N–H and O–H groups in total. The Labute approximate surface area is 437 Å². The van der Waals surface area contributed by atoms with Crippen LogP contribution in [-0.2, 0) is 21.7 Å². The monoisotopic (exact) mass is 961 g/mol. The Morgan fingerprint density at radius 1 is 0.230 bits per heavy atom. The third-order valence-electron chi connectivity index (χ3n) is 15.8. The van der Waals surface area contributed by atoms with Gasteiger partial charge in [-0.1, -0.05) is 204 Å². The highest BCUT2D eigenvalue weighted by Gasteiger charge is 2.24. The van der Waals surface area contributed by atoms with Crippen molar-refractivity contribution in [2.24, 2.45) is 0 Å². The van der Waals surface area contributed by atoms with Gasteiger partial charge < -0.3 is 9.13 Å². The third-order valence-corrected chi connectivity index (χ3v) is 15.8. The number of aromatic nitrogens is 2. The van der Waals surface area contributed by atoms with Crippen molar-refractivity contribution in [2.45, 2.75) is 105 Å². The van der Waals surface area contributed by atoms with Crippen LogP contribution in [-0.4, -0.2) is 9.13 Å². The standard InChI is InChI=1S/C72H68N2/c1-69(2,3)55-35-53(36-56(43-55)70(4,5)6)51-27-31-67-63(41-51)61-17-13-15-19-65(61)73(67)59-29-25-47-33-45(21-23-49(47)39-59)46-22-24-50-40-60(30-26-48(50)34-46)74-66-20-16-14-18-62(66)64-42-52(28-32-68(64)74)54-37-57(71(7,8)9)44-58(38-54)72(10,11)12/h13-44H,1-12H3. The lowest BCUT2D eigenvalue weighted by Crippen LogP contribution is -2.16. The molecule has 2 nitrogen and oxygen atoms in total. The molecule has 10 aromatic carbocycles. The van der Waals surface area contributed by atoms with E-state index < -0.39 is 0 Å². The lowest BCUT2D eigenvalue weighted by molar-refractivity contribution is 0.568. The van der Waals surface area contributed by atoms with Crippen LogP contribution in [0.3, 0.4) is 0 Å². The van der Waals surface area contributed by atoms with Gasteiger partial charge in [-0.15, -0.1) is 0 Å². The smallest absolute Gasteiger partial charge is 0.0541 e. The average molecular weight is 961 g/mol. The first-order chi connectivity index (χ1) is 35.2. The van der Waals surface area contributed by atoms with Crippen LogP contribution in [0.5, 0.6) is 0 Å². The van der Waals surface area contributed by atoms with Gasteiger partial charge in [-0.3, -0.25) is 0 Å². The topological polar surface area (TPSA) is 9.86 Å². The van der Waals surface area contributed by atoms with Gasteiger partial charge in [0.2, 0.25) is 0 Å². The first-order valence-electron chi connectivity index (χ1n) is 26.6. The van der Waals surface area contributed by atoms with Crippen molar-refractivity contribution < 1.29 is 0 Å². The zero-order valence-corrected chi connectivity index (χ0v) is 45.4. The summed E-state index contributed by atoms with van der Waals surface area (Å²) in [6.45, 7) is 27.8. The maximum Gasteiger partial charge on any atom is 0.0541 e. The van der Waals surface area contributed by atoms with E-state index >= 15 is 0 Å². The summed E-state index contributed by atoms with van der Waals surface area (Å²) < 4.78 is 4.88. The van der Waals surface area contributed by atoms with E-state index in [1.54, 1.807) is 0 Å². The fourth-order valence-electron chi connectivity index (χ4n) is 11.3. The molecular formula is C72H68N2. The number of hydrogen-bond donors (Lipinski definition) is 0. The molecule has 0 aliphatic carbocycles. The van der Waals surface area contributed by atoms with Crippen LogP contribution in [0.2, 0.25) is 0 Å². The van der Waals surface area contributed by atoms with Gasteiger partial charge in [0.15, 0.2) is 0 Å². The van der Waals surface area contributed by atoms with E-state index in [0.29, 0.717) is 0 Å². The molecule has 0 aliphatic heterocycles. The molecule has 0 saturated carbocycles. The Morgan fingerprint density at radius 3 is 0.892 bits per heavy atom. The second kappa shape index (κ2) is 16.9. The van der Waals surface area contributed by atoms with Gasteiger partial charge in [0.05, 0.1) is 22.1 Å². The third kappa shape index (κ3) is 8.30. The summed E-state index contributed by atoms with van der Waals surface area (Å²) in [5.41, 5.74) is 20.4. The molecule has 2 heteroatoms. The highest BCUT2D eigenvalue weighted by molar-refractivity contribution is 6.12. The summed E-state index contributed by atoms with van der Waals surface area (Å²) in [6.07, 6.45) is 0. The lowest BCUT2D eigenvalue weighted by Gasteiger charge is -2.26. The second-order valence-electron chi connectivity index (χ2n) is 25.3. The molecule has 2 heterocycles. The van der Waals surface area contributed by atoms with Crippen LogP contribution < -0.4 is 0 Å². The van der Waals surface area contributed by atoms with Crippen LogP contribution in [0, 0.1) is 0 Å². The molecule has 0 radical (unpaired) electrons. The highest BCUT2D eigenvalue weighted by Crippen LogP contribution is 2.42. The molecule has 0 atom stereocenters. The minimum atomic E-state index is 0.0499. The number of rotatable bonds is 5. The van der Waals surface area contributed by atoms with Crippen molar-refractivity contribution >= 4 is 65.2 Å². The Hall–Kier alpha value is -7.68. The molecule has 0 aliphatic rings. The Kier molecular flexibility index (Phi) is 10.8. The summed E-state index contributed by atoms with van der Waals surface area (Å²) >= 11 is 0. The van der Waals surface area contributed by atoms with Gasteiger partial charge in [0.1, 0.15) is 0 Å². The van der Waals surface area contributed by atoms with E-state index in [-0.39, 0.29) is 21.7 Å². The van der Waals surface area contributed by atoms with Gasteiger partial charge in [0.25, 0.3) is 0 Å². The summed E-state index contributed by atoms with van der Waals surface area (Å²) in [5, 5.41) is 9.97. The van der Waals surface area contributed by atoms with Crippen LogP contribution in [0.4, 0.5) is 0 Å². The highest BCUT2D eigenvalue weighted by atomic mass is 15.0. The van der Waals surface area contributed by atoms with Gasteiger partial charge in [0, 0.05) is 32.9 Å². The summed E-state index contributed by atoms with van der Waals surface area (Å²) in [7, 11) is 0. The minimum Gasteiger partial charge on any atom is -0.309 e. The van der Waals surface area contributed by atoms with Gasteiger partial charge in [-0.05, 0) is 172 Å². The molecule has 74 heavy (non-hydrogen) atoms. The van der Waals surface area contributed by atoms with Crippen molar-refractivity contribution in [2.75, 3.05) is 0 Å². The molecule has 0 saturated heterocycles. The first-order valence-corrected chi connectivity index (χ1v) is 26.6. The first kappa shape index (κ1) is 47.3. The van der Waals surface area contributed by atoms with Gasteiger partial charge in [-0.25, -0.2) is 0 Å². The molecule has 366 valence electrons. The van der Waals surface area contributed by atoms with Crippen LogP contribution in [0.15, 0.2) is 194 Å². The summed E-state index contributed by atoms with van der Waals surface area (Å²) in [4.78, 5) is 0. The molecule has 0 bridgehead atoms. The van der Waals surface area contributed by atoms with E-state index in [1.165, 1.54) is 132 Å². The SMILES string of the molecule is CC(C)(C)c1cc(-c2ccc3c(c2)c2ccccc2n3-c2ccc3cc(-c4ccc5cc(-n6c7ccccc7c7cc(-c8cc(C(C)(C)C)cc(C(C)(C)C)c8)ccc76)ccc5c4)ccc3c2)cc(C(C)(C)C)c1. The minimum absolute atomic E-state index is 0.0499. The number of nitrogens with zero attached hydrogens (tertiary/aromatic N) is 2. The second-order valence-corrected chi connectivity index (χ2v) is 25.3. The molecule has 0 amide bonds. The van der Waals surface area contributed by atoms with Crippen molar-refractivity contribution in [3.8, 4) is 44.8 Å². The maximum atomic E-state index is 2.44. The zero-order chi connectivity index (χ0) is 51.6. The zero-order valence-electron chi connectivity index (χ0n) is 45.4. The largest absolute Gasteiger partial charge is 0.309 e. The number of para-hydroxylation sites is 2. The van der Waals surface area contributed by atoms with E-state index in [0.717, 1.165) is 0 Å². The maximum absolute atomic E-state index is 2.44. The lowest BCUT2D eigenvalue weighted by atomic mass is 9.79. The predicted molar refractivity (Wildman–Crippen MR) is 321 cm³/mol. The normalized spacial score (nSPS) is 12.9. The average Bonchev–Trinajstić information content (AvgIpc) is 3.89. The number of fused-ring (bicyclic) bond motifs is 8. The Balaban J connectivity index is 0.872. The number of benzene rings is 10. The molecule has 12 rings (SSSR count). The fourth-order valence-corrected chi connectivity index (χ4v) is 11.3. The van der Waals surface area contributed by atoms with Crippen molar-refractivity contribution in [3.05, 3.63) is 216 Å². The van der Waals surface area contributed by atoms with Gasteiger partial charge >= 0.3 is 0 Å². The molecule has 0 unspecified atom stereocenters. The van der Waals surface area contributed by atoms with Crippen molar-refractivity contribution in [1.29, 1.82) is 0 Å². The van der Waals surface area contributed by atoms with Gasteiger partial charge in [-0.2, -0.15) is 0 Å².